The van der Waals surface area contributed by atoms with Crippen LogP contribution in [0.2, 0.25) is 0 Å². The molecule has 5 aromatic rings. The summed E-state index contributed by atoms with van der Waals surface area (Å²) in [6.07, 6.45) is 2.04. The number of halogens is 1. The molecule has 0 spiro atoms. The summed E-state index contributed by atoms with van der Waals surface area (Å²) in [5, 5.41) is 0. The lowest BCUT2D eigenvalue weighted by molar-refractivity contribution is 1.10. The van der Waals surface area contributed by atoms with E-state index in [1.807, 2.05) is 37.3 Å². The molecule has 39 heavy (non-hydrogen) atoms. The van der Waals surface area contributed by atoms with Gasteiger partial charge in [0, 0.05) is 20.6 Å². The van der Waals surface area contributed by atoms with Crippen LogP contribution in [-0.2, 0) is 12.8 Å². The molecule has 0 heterocycles. The van der Waals surface area contributed by atoms with E-state index >= 15 is 0 Å². The first-order valence-corrected chi connectivity index (χ1v) is 14.6. The van der Waals surface area contributed by atoms with Crippen LogP contribution in [0.15, 0.2) is 127 Å². The number of aryl methyl sites for hydroxylation is 4. The Morgan fingerprint density at radius 3 is 1.38 bits per heavy atom. The highest BCUT2D eigenvalue weighted by Gasteiger charge is 2.16. The minimum absolute atomic E-state index is 0.949. The zero-order valence-corrected chi connectivity index (χ0v) is 25.6. The van der Waals surface area contributed by atoms with E-state index in [1.165, 1.54) is 42.9 Å². The molecule has 0 atom stereocenters. The standard InChI is InChI=1S/C21H21N.C9H13N.C6H5I/c1-3-18-12-10-11-17(2)21(18)22(19-13-6-4-7-14-19)20-15-8-5-9-16-20;1-3-8-6-4-5-7(2)9(8)10;7-6-4-2-1-3-5-6/h4-16H,3H2,1-2H3;4-6H,3,10H2,1-2H3;1-5H. The molecule has 0 aliphatic rings. The molecule has 2 N–H and O–H groups in total. The van der Waals surface area contributed by atoms with Crippen LogP contribution < -0.4 is 10.6 Å². The smallest absolute Gasteiger partial charge is 0.0522 e. The number of hydrogen-bond donors (Lipinski definition) is 1. The number of para-hydroxylation sites is 4. The summed E-state index contributed by atoms with van der Waals surface area (Å²) in [6, 6.07) is 44.1. The number of anilines is 4. The van der Waals surface area contributed by atoms with Crippen molar-refractivity contribution in [3.8, 4) is 0 Å². The Kier molecular flexibility index (Phi) is 12.1. The molecule has 3 heteroatoms. The molecule has 0 saturated heterocycles. The van der Waals surface area contributed by atoms with Gasteiger partial charge >= 0.3 is 0 Å². The summed E-state index contributed by atoms with van der Waals surface area (Å²) in [7, 11) is 0. The number of benzene rings is 5. The molecule has 0 unspecified atom stereocenters. The van der Waals surface area contributed by atoms with E-state index in [9.17, 15) is 0 Å². The highest BCUT2D eigenvalue weighted by atomic mass is 127. The Morgan fingerprint density at radius 2 is 0.974 bits per heavy atom. The zero-order chi connectivity index (χ0) is 28.0. The molecule has 2 nitrogen and oxygen atoms in total. The second-order valence-electron chi connectivity index (χ2n) is 9.24. The van der Waals surface area contributed by atoms with Gasteiger partial charge in [-0.15, -0.1) is 0 Å². The lowest BCUT2D eigenvalue weighted by atomic mass is 10.0. The molecular formula is C36H39IN2. The second-order valence-corrected chi connectivity index (χ2v) is 10.5. The normalized spacial score (nSPS) is 9.97. The summed E-state index contributed by atoms with van der Waals surface area (Å²) < 4.78 is 1.29. The fourth-order valence-corrected chi connectivity index (χ4v) is 4.77. The van der Waals surface area contributed by atoms with Gasteiger partial charge in [-0.3, -0.25) is 0 Å². The van der Waals surface area contributed by atoms with Crippen molar-refractivity contribution in [3.63, 3.8) is 0 Å². The third-order valence-electron chi connectivity index (χ3n) is 6.48. The van der Waals surface area contributed by atoms with Crippen molar-refractivity contribution in [2.75, 3.05) is 10.6 Å². The molecule has 0 aliphatic heterocycles. The molecule has 0 fully saturated rings. The van der Waals surface area contributed by atoms with Gasteiger partial charge in [0.1, 0.15) is 0 Å². The zero-order valence-electron chi connectivity index (χ0n) is 23.4. The number of nitrogens with zero attached hydrogens (tertiary/aromatic N) is 1. The monoisotopic (exact) mass is 626 g/mol. The van der Waals surface area contributed by atoms with Crippen molar-refractivity contribution in [2.24, 2.45) is 0 Å². The Bertz CT molecular complexity index is 1360. The number of hydrogen-bond acceptors (Lipinski definition) is 2. The lowest BCUT2D eigenvalue weighted by Crippen LogP contribution is -2.13. The Labute approximate surface area is 248 Å². The maximum absolute atomic E-state index is 5.79. The average Bonchev–Trinajstić information content (AvgIpc) is 2.98. The van der Waals surface area contributed by atoms with Crippen LogP contribution in [0.1, 0.15) is 36.1 Å². The predicted molar refractivity (Wildman–Crippen MR) is 179 cm³/mol. The van der Waals surface area contributed by atoms with E-state index in [1.54, 1.807) is 0 Å². The van der Waals surface area contributed by atoms with Gasteiger partial charge in [0.15, 0.2) is 0 Å². The average molecular weight is 627 g/mol. The van der Waals surface area contributed by atoms with Crippen LogP contribution in [0.25, 0.3) is 0 Å². The van der Waals surface area contributed by atoms with Crippen LogP contribution in [0, 0.1) is 17.4 Å². The van der Waals surface area contributed by atoms with Crippen LogP contribution in [0.3, 0.4) is 0 Å². The molecule has 0 aromatic heterocycles. The van der Waals surface area contributed by atoms with E-state index in [0.717, 1.165) is 18.5 Å². The predicted octanol–water partition coefficient (Wildman–Crippen LogP) is 10.5. The maximum Gasteiger partial charge on any atom is 0.0522 e. The molecule has 0 aliphatic carbocycles. The van der Waals surface area contributed by atoms with Crippen molar-refractivity contribution in [1.82, 2.24) is 0 Å². The first-order chi connectivity index (χ1) is 19.0. The van der Waals surface area contributed by atoms with E-state index < -0.39 is 0 Å². The van der Waals surface area contributed by atoms with Gasteiger partial charge in [0.2, 0.25) is 0 Å². The highest BCUT2D eigenvalue weighted by Crippen LogP contribution is 2.38. The Morgan fingerprint density at radius 1 is 0.538 bits per heavy atom. The molecule has 0 radical (unpaired) electrons. The van der Waals surface area contributed by atoms with Gasteiger partial charge in [-0.25, -0.2) is 0 Å². The van der Waals surface area contributed by atoms with Gasteiger partial charge < -0.3 is 10.6 Å². The molecule has 200 valence electrons. The van der Waals surface area contributed by atoms with E-state index in [2.05, 4.69) is 145 Å². The summed E-state index contributed by atoms with van der Waals surface area (Å²) in [6.45, 7) is 8.56. The third-order valence-corrected chi connectivity index (χ3v) is 7.20. The number of nitrogen functional groups attached to an aromatic ring is 1. The van der Waals surface area contributed by atoms with Gasteiger partial charge in [-0.1, -0.05) is 105 Å². The highest BCUT2D eigenvalue weighted by molar-refractivity contribution is 14.1. The number of nitrogens with two attached hydrogens (primary N) is 1. The Balaban J connectivity index is 0.000000202. The van der Waals surface area contributed by atoms with Crippen molar-refractivity contribution in [3.05, 3.63) is 153 Å². The molecule has 5 aromatic carbocycles. The Hall–Kier alpha value is -3.57. The second kappa shape index (κ2) is 15.7. The SMILES string of the molecule is CCc1cccc(C)c1N.CCc1cccc(C)c1N(c1ccccc1)c1ccccc1.Ic1ccccc1. The van der Waals surface area contributed by atoms with E-state index in [0.29, 0.717) is 0 Å². The van der Waals surface area contributed by atoms with Gasteiger partial charge in [0.25, 0.3) is 0 Å². The van der Waals surface area contributed by atoms with Crippen LogP contribution in [0.5, 0.6) is 0 Å². The van der Waals surface area contributed by atoms with Crippen LogP contribution in [-0.4, -0.2) is 0 Å². The summed E-state index contributed by atoms with van der Waals surface area (Å²) in [4.78, 5) is 2.36. The van der Waals surface area contributed by atoms with Crippen LogP contribution in [0.4, 0.5) is 22.7 Å². The number of rotatable bonds is 5. The fourth-order valence-electron chi connectivity index (χ4n) is 4.35. The third kappa shape index (κ3) is 8.72. The van der Waals surface area contributed by atoms with Gasteiger partial charge in [-0.05, 0) is 108 Å². The largest absolute Gasteiger partial charge is 0.398 e. The topological polar surface area (TPSA) is 29.3 Å². The summed E-state index contributed by atoms with van der Waals surface area (Å²) >= 11 is 2.28. The first-order valence-electron chi connectivity index (χ1n) is 13.5. The summed E-state index contributed by atoms with van der Waals surface area (Å²) in [5.74, 6) is 0. The van der Waals surface area contributed by atoms with Gasteiger partial charge in [0.05, 0.1) is 5.69 Å². The van der Waals surface area contributed by atoms with E-state index in [4.69, 9.17) is 5.73 Å². The fraction of sp³-hybridized carbons (Fsp3) is 0.167. The van der Waals surface area contributed by atoms with Crippen molar-refractivity contribution < 1.29 is 0 Å². The molecular weight excluding hydrogens is 587 g/mol. The van der Waals surface area contributed by atoms with Crippen molar-refractivity contribution >= 4 is 45.3 Å². The molecule has 0 saturated carbocycles. The van der Waals surface area contributed by atoms with Crippen molar-refractivity contribution in [2.45, 2.75) is 40.5 Å². The molecule has 5 rings (SSSR count). The summed E-state index contributed by atoms with van der Waals surface area (Å²) in [5.41, 5.74) is 15.5. The minimum Gasteiger partial charge on any atom is -0.398 e. The quantitative estimate of drug-likeness (QED) is 0.155. The lowest BCUT2D eigenvalue weighted by Gasteiger charge is -2.29. The minimum atomic E-state index is 0.949. The van der Waals surface area contributed by atoms with Crippen molar-refractivity contribution in [1.29, 1.82) is 0 Å². The first kappa shape index (κ1) is 30.0. The molecule has 0 amide bonds. The van der Waals surface area contributed by atoms with Crippen LogP contribution >= 0.6 is 22.6 Å². The molecule has 0 bridgehead atoms. The maximum atomic E-state index is 5.79. The van der Waals surface area contributed by atoms with E-state index in [-0.39, 0.29) is 0 Å². The van der Waals surface area contributed by atoms with Gasteiger partial charge in [-0.2, -0.15) is 0 Å².